The Labute approximate surface area is 119 Å². The van der Waals surface area contributed by atoms with E-state index in [1.54, 1.807) is 4.90 Å². The molecule has 0 unspecified atom stereocenters. The molecular formula is C13H15BrN2O3. The Morgan fingerprint density at radius 1 is 1.47 bits per heavy atom. The Kier molecular flexibility index (Phi) is 3.80. The van der Waals surface area contributed by atoms with Gasteiger partial charge in [0, 0.05) is 23.1 Å². The lowest BCUT2D eigenvalue weighted by Crippen LogP contribution is -2.45. The van der Waals surface area contributed by atoms with Crippen molar-refractivity contribution in [2.75, 3.05) is 4.90 Å². The molecule has 0 spiro atoms. The molecule has 2 atom stereocenters. The third-order valence-corrected chi connectivity index (χ3v) is 3.77. The summed E-state index contributed by atoms with van der Waals surface area (Å²) in [6, 6.07) is 5.22. The van der Waals surface area contributed by atoms with E-state index in [-0.39, 0.29) is 18.0 Å². The van der Waals surface area contributed by atoms with Crippen molar-refractivity contribution in [3.63, 3.8) is 0 Å². The number of hydrogen-bond acceptors (Lipinski definition) is 2. The number of nitrogens with one attached hydrogen (secondary N) is 1. The fraction of sp³-hybridized carbons (Fsp3) is 0.385. The summed E-state index contributed by atoms with van der Waals surface area (Å²) in [6.07, 6.45) is -0.491. The van der Waals surface area contributed by atoms with E-state index in [1.807, 2.05) is 25.1 Å². The van der Waals surface area contributed by atoms with Gasteiger partial charge in [0.05, 0.1) is 6.04 Å². The van der Waals surface area contributed by atoms with Crippen LogP contribution in [0, 0.1) is 0 Å². The van der Waals surface area contributed by atoms with Crippen LogP contribution in [-0.4, -0.2) is 23.1 Å². The number of carbonyl (C=O) groups excluding carboxylic acids is 1. The molecule has 0 bridgehead atoms. The van der Waals surface area contributed by atoms with Crippen LogP contribution in [0.1, 0.15) is 31.9 Å². The first kappa shape index (κ1) is 13.9. The first-order chi connectivity index (χ1) is 8.90. The predicted molar refractivity (Wildman–Crippen MR) is 75.3 cm³/mol. The Hall–Kier alpha value is -1.56. The molecule has 2 rings (SSSR count). The van der Waals surface area contributed by atoms with E-state index in [4.69, 9.17) is 5.11 Å². The van der Waals surface area contributed by atoms with Gasteiger partial charge < -0.3 is 15.3 Å². The van der Waals surface area contributed by atoms with E-state index < -0.39 is 6.09 Å². The predicted octanol–water partition coefficient (Wildman–Crippen LogP) is 2.90. The summed E-state index contributed by atoms with van der Waals surface area (Å²) in [5.41, 5.74) is 1.60. The maximum absolute atomic E-state index is 11.8. The van der Waals surface area contributed by atoms with Crippen LogP contribution < -0.4 is 10.2 Å². The highest BCUT2D eigenvalue weighted by Gasteiger charge is 2.33. The van der Waals surface area contributed by atoms with Gasteiger partial charge in [0.1, 0.15) is 0 Å². The molecule has 0 radical (unpaired) electrons. The van der Waals surface area contributed by atoms with Crippen LogP contribution in [0.3, 0.4) is 0 Å². The minimum Gasteiger partial charge on any atom is -0.465 e. The fourth-order valence-corrected chi connectivity index (χ4v) is 2.98. The van der Waals surface area contributed by atoms with Gasteiger partial charge >= 0.3 is 6.09 Å². The van der Waals surface area contributed by atoms with Gasteiger partial charge in [0.2, 0.25) is 5.91 Å². The summed E-state index contributed by atoms with van der Waals surface area (Å²) in [5, 5.41) is 11.4. The van der Waals surface area contributed by atoms with Gasteiger partial charge in [0.15, 0.2) is 0 Å². The average Bonchev–Trinajstić information content (AvgIpc) is 2.28. The van der Waals surface area contributed by atoms with Crippen LogP contribution in [0.5, 0.6) is 0 Å². The Morgan fingerprint density at radius 2 is 2.16 bits per heavy atom. The summed E-state index contributed by atoms with van der Waals surface area (Å²) in [5.74, 6) is -0.0372. The van der Waals surface area contributed by atoms with Gasteiger partial charge in [-0.15, -0.1) is 0 Å². The highest BCUT2D eigenvalue weighted by molar-refractivity contribution is 9.10. The monoisotopic (exact) mass is 326 g/mol. The lowest BCUT2D eigenvalue weighted by atomic mass is 9.91. The molecule has 1 heterocycles. The molecular weight excluding hydrogens is 312 g/mol. The SMILES string of the molecule is CC(=O)N1c2ccc(Br)cc2[C@H](NC(=O)O)C[C@@H]1C. The van der Waals surface area contributed by atoms with Crippen LogP contribution >= 0.6 is 15.9 Å². The zero-order chi connectivity index (χ0) is 14.2. The molecule has 19 heavy (non-hydrogen) atoms. The topological polar surface area (TPSA) is 69.6 Å². The molecule has 6 heteroatoms. The molecule has 2 N–H and O–H groups in total. The first-order valence-electron chi connectivity index (χ1n) is 5.99. The molecule has 0 saturated heterocycles. The van der Waals surface area contributed by atoms with E-state index in [2.05, 4.69) is 21.2 Å². The third-order valence-electron chi connectivity index (χ3n) is 3.28. The molecule has 0 fully saturated rings. The van der Waals surface area contributed by atoms with Gasteiger partial charge in [-0.1, -0.05) is 15.9 Å². The molecule has 0 aromatic heterocycles. The van der Waals surface area contributed by atoms with Crippen LogP contribution in [0.4, 0.5) is 10.5 Å². The van der Waals surface area contributed by atoms with Gasteiger partial charge in [-0.05, 0) is 37.1 Å². The fourth-order valence-electron chi connectivity index (χ4n) is 2.60. The zero-order valence-electron chi connectivity index (χ0n) is 10.7. The van der Waals surface area contributed by atoms with E-state index in [0.717, 1.165) is 15.7 Å². The van der Waals surface area contributed by atoms with Gasteiger partial charge in [-0.25, -0.2) is 4.79 Å². The molecule has 0 aliphatic carbocycles. The van der Waals surface area contributed by atoms with Crippen molar-refractivity contribution >= 4 is 33.6 Å². The van der Waals surface area contributed by atoms with Crippen molar-refractivity contribution in [3.8, 4) is 0 Å². The number of carbonyl (C=O) groups is 2. The number of carboxylic acid groups (broad SMARTS) is 1. The zero-order valence-corrected chi connectivity index (χ0v) is 12.3. The van der Waals surface area contributed by atoms with Crippen LogP contribution in [-0.2, 0) is 4.79 Å². The maximum atomic E-state index is 11.8. The number of rotatable bonds is 1. The van der Waals surface area contributed by atoms with Crippen molar-refractivity contribution in [2.24, 2.45) is 0 Å². The molecule has 1 aliphatic heterocycles. The van der Waals surface area contributed by atoms with Crippen molar-refractivity contribution in [1.82, 2.24) is 5.32 Å². The smallest absolute Gasteiger partial charge is 0.405 e. The summed E-state index contributed by atoms with van der Waals surface area (Å²) in [4.78, 5) is 24.4. The average molecular weight is 327 g/mol. The van der Waals surface area contributed by atoms with Gasteiger partial charge in [-0.2, -0.15) is 0 Å². The van der Waals surface area contributed by atoms with E-state index in [1.165, 1.54) is 6.92 Å². The first-order valence-corrected chi connectivity index (χ1v) is 6.78. The van der Waals surface area contributed by atoms with Crippen molar-refractivity contribution in [3.05, 3.63) is 28.2 Å². The minimum atomic E-state index is -1.06. The second-order valence-corrected chi connectivity index (χ2v) is 5.59. The maximum Gasteiger partial charge on any atom is 0.405 e. The Morgan fingerprint density at radius 3 is 2.74 bits per heavy atom. The standard InChI is InChI=1S/C13H15BrN2O3/c1-7-5-11(15-13(18)19)10-6-9(14)3-4-12(10)16(7)8(2)17/h3-4,6-7,11,15H,5H2,1-2H3,(H,18,19)/t7-,11+/m0/s1. The summed E-state index contributed by atoms with van der Waals surface area (Å²) >= 11 is 3.38. The van der Waals surface area contributed by atoms with Crippen molar-refractivity contribution in [2.45, 2.75) is 32.4 Å². The molecule has 1 aromatic rings. The number of amides is 2. The number of benzene rings is 1. The summed E-state index contributed by atoms with van der Waals surface area (Å²) in [7, 11) is 0. The number of anilines is 1. The quantitative estimate of drug-likeness (QED) is 0.833. The largest absolute Gasteiger partial charge is 0.465 e. The number of fused-ring (bicyclic) bond motifs is 1. The van der Waals surface area contributed by atoms with Crippen molar-refractivity contribution in [1.29, 1.82) is 0 Å². The summed E-state index contributed by atoms with van der Waals surface area (Å²) < 4.78 is 0.862. The second-order valence-electron chi connectivity index (χ2n) is 4.68. The molecule has 2 amide bonds. The van der Waals surface area contributed by atoms with Crippen LogP contribution in [0.25, 0.3) is 0 Å². The van der Waals surface area contributed by atoms with Crippen LogP contribution in [0.15, 0.2) is 22.7 Å². The number of hydrogen-bond donors (Lipinski definition) is 2. The normalized spacial score (nSPS) is 21.7. The molecule has 5 nitrogen and oxygen atoms in total. The van der Waals surface area contributed by atoms with Gasteiger partial charge in [0.25, 0.3) is 0 Å². The molecule has 1 aliphatic rings. The lowest BCUT2D eigenvalue weighted by molar-refractivity contribution is -0.117. The summed E-state index contributed by atoms with van der Waals surface area (Å²) in [6.45, 7) is 3.44. The molecule has 102 valence electrons. The number of halogens is 1. The third kappa shape index (κ3) is 2.73. The number of nitrogens with zero attached hydrogens (tertiary/aromatic N) is 1. The highest BCUT2D eigenvalue weighted by Crippen LogP contribution is 2.38. The van der Waals surface area contributed by atoms with Crippen LogP contribution in [0.2, 0.25) is 0 Å². The van der Waals surface area contributed by atoms with E-state index in [9.17, 15) is 9.59 Å². The Bertz CT molecular complexity index is 533. The lowest BCUT2D eigenvalue weighted by Gasteiger charge is -2.38. The minimum absolute atomic E-state index is 0.0372. The van der Waals surface area contributed by atoms with Gasteiger partial charge in [-0.3, -0.25) is 4.79 Å². The van der Waals surface area contributed by atoms with E-state index in [0.29, 0.717) is 6.42 Å². The highest BCUT2D eigenvalue weighted by atomic mass is 79.9. The van der Waals surface area contributed by atoms with E-state index >= 15 is 0 Å². The second kappa shape index (κ2) is 5.21. The van der Waals surface area contributed by atoms with Crippen molar-refractivity contribution < 1.29 is 14.7 Å². The molecule has 0 saturated carbocycles. The Balaban J connectivity index is 2.49. The molecule has 1 aromatic carbocycles.